The number of hydrogen-bond donors (Lipinski definition) is 1. The quantitative estimate of drug-likeness (QED) is 0.740. The summed E-state index contributed by atoms with van der Waals surface area (Å²) >= 11 is 0. The van der Waals surface area contributed by atoms with E-state index in [4.69, 9.17) is 0 Å². The molecule has 1 N–H and O–H groups in total. The molecule has 1 heterocycles. The van der Waals surface area contributed by atoms with Crippen LogP contribution >= 0.6 is 0 Å². The van der Waals surface area contributed by atoms with Crippen molar-refractivity contribution in [1.29, 1.82) is 0 Å². The highest BCUT2D eigenvalue weighted by molar-refractivity contribution is 5.36. The highest BCUT2D eigenvalue weighted by Gasteiger charge is 2.15. The first kappa shape index (κ1) is 17.2. The van der Waals surface area contributed by atoms with Crippen LogP contribution < -0.4 is 5.32 Å². The Hall–Kier alpha value is -2.60. The molecule has 0 aliphatic carbocycles. The maximum atomic E-state index is 13.7. The molecule has 2 aromatic carbocycles. The topological polar surface area (TPSA) is 29.9 Å². The van der Waals surface area contributed by atoms with Crippen molar-refractivity contribution in [3.05, 3.63) is 82.9 Å². The fraction of sp³-hybridized carbons (Fsp3) is 0.211. The van der Waals surface area contributed by atoms with Crippen LogP contribution in [-0.4, -0.2) is 9.78 Å². The Balaban J connectivity index is 1.76. The summed E-state index contributed by atoms with van der Waals surface area (Å²) in [5, 5.41) is 7.52. The molecule has 0 unspecified atom stereocenters. The zero-order valence-corrected chi connectivity index (χ0v) is 13.9. The Morgan fingerprint density at radius 3 is 2.56 bits per heavy atom. The van der Waals surface area contributed by atoms with Gasteiger partial charge in [-0.2, -0.15) is 5.10 Å². The Morgan fingerprint density at radius 2 is 1.84 bits per heavy atom. The average molecular weight is 345 g/mol. The second kappa shape index (κ2) is 7.11. The van der Waals surface area contributed by atoms with Gasteiger partial charge in [0.2, 0.25) is 0 Å². The molecule has 0 aliphatic heterocycles. The van der Waals surface area contributed by atoms with E-state index in [1.54, 1.807) is 23.0 Å². The molecule has 0 aliphatic rings. The van der Waals surface area contributed by atoms with Gasteiger partial charge in [-0.3, -0.25) is 0 Å². The molecule has 0 radical (unpaired) electrons. The first-order valence-corrected chi connectivity index (χ1v) is 7.93. The van der Waals surface area contributed by atoms with Crippen molar-refractivity contribution in [2.45, 2.75) is 26.4 Å². The third kappa shape index (κ3) is 3.74. The van der Waals surface area contributed by atoms with Crippen molar-refractivity contribution < 1.29 is 13.2 Å². The third-order valence-electron chi connectivity index (χ3n) is 4.18. The number of nitrogens with zero attached hydrogens (tertiary/aromatic N) is 2. The Labute approximate surface area is 144 Å². The van der Waals surface area contributed by atoms with Crippen molar-refractivity contribution in [1.82, 2.24) is 15.1 Å². The minimum absolute atomic E-state index is 0.105. The maximum Gasteiger partial charge on any atom is 0.130 e. The summed E-state index contributed by atoms with van der Waals surface area (Å²) in [6.45, 7) is 4.09. The largest absolute Gasteiger partial charge is 0.306 e. The lowest BCUT2D eigenvalue weighted by Gasteiger charge is -2.14. The molecule has 130 valence electrons. The van der Waals surface area contributed by atoms with E-state index in [1.165, 1.54) is 24.3 Å². The van der Waals surface area contributed by atoms with Gasteiger partial charge in [-0.05, 0) is 38.1 Å². The number of benzene rings is 2. The fourth-order valence-corrected chi connectivity index (χ4v) is 2.75. The fourth-order valence-electron chi connectivity index (χ4n) is 2.75. The minimum Gasteiger partial charge on any atom is -0.306 e. The van der Waals surface area contributed by atoms with Crippen LogP contribution in [0.5, 0.6) is 0 Å². The first-order valence-electron chi connectivity index (χ1n) is 7.93. The zero-order chi connectivity index (χ0) is 18.0. The second-order valence-corrected chi connectivity index (χ2v) is 5.92. The zero-order valence-electron chi connectivity index (χ0n) is 13.9. The van der Waals surface area contributed by atoms with E-state index in [0.717, 1.165) is 17.3 Å². The van der Waals surface area contributed by atoms with Gasteiger partial charge in [0.1, 0.15) is 17.5 Å². The molecule has 1 aromatic heterocycles. The summed E-state index contributed by atoms with van der Waals surface area (Å²) < 4.78 is 41.7. The van der Waals surface area contributed by atoms with Crippen molar-refractivity contribution in [2.24, 2.45) is 0 Å². The van der Waals surface area contributed by atoms with Crippen LogP contribution in [0.25, 0.3) is 5.69 Å². The lowest BCUT2D eigenvalue weighted by Crippen LogP contribution is -2.19. The van der Waals surface area contributed by atoms with Gasteiger partial charge >= 0.3 is 0 Å². The normalized spacial score (nSPS) is 12.4. The summed E-state index contributed by atoms with van der Waals surface area (Å²) in [7, 11) is 0. The van der Waals surface area contributed by atoms with E-state index in [-0.39, 0.29) is 18.4 Å². The van der Waals surface area contributed by atoms with Crippen LogP contribution in [0, 0.1) is 24.4 Å². The predicted octanol–water partition coefficient (Wildman–Crippen LogP) is 4.45. The molecule has 3 nitrogen and oxygen atoms in total. The molecule has 0 spiro atoms. The SMILES string of the molecule is Cc1c([C@@H](C)NCc2ccc(F)cc2F)cnn1-c1cccc(F)c1. The first-order chi connectivity index (χ1) is 12.0. The summed E-state index contributed by atoms with van der Waals surface area (Å²) in [4.78, 5) is 0. The van der Waals surface area contributed by atoms with Crippen LogP contribution in [-0.2, 0) is 6.54 Å². The van der Waals surface area contributed by atoms with Crippen LogP contribution in [0.4, 0.5) is 13.2 Å². The van der Waals surface area contributed by atoms with E-state index in [1.807, 2.05) is 13.8 Å². The predicted molar refractivity (Wildman–Crippen MR) is 89.9 cm³/mol. The van der Waals surface area contributed by atoms with Crippen molar-refractivity contribution in [2.75, 3.05) is 0 Å². The lowest BCUT2D eigenvalue weighted by molar-refractivity contribution is 0.532. The Morgan fingerprint density at radius 1 is 1.08 bits per heavy atom. The molecule has 0 amide bonds. The number of halogens is 3. The van der Waals surface area contributed by atoms with Gasteiger partial charge in [-0.25, -0.2) is 17.9 Å². The van der Waals surface area contributed by atoms with Crippen LogP contribution in [0.15, 0.2) is 48.7 Å². The van der Waals surface area contributed by atoms with Crippen molar-refractivity contribution >= 4 is 0 Å². The van der Waals surface area contributed by atoms with Crippen LogP contribution in [0.1, 0.15) is 29.8 Å². The van der Waals surface area contributed by atoms with E-state index in [9.17, 15) is 13.2 Å². The van der Waals surface area contributed by atoms with Gasteiger partial charge in [0.05, 0.1) is 11.9 Å². The van der Waals surface area contributed by atoms with E-state index in [2.05, 4.69) is 10.4 Å². The van der Waals surface area contributed by atoms with Crippen LogP contribution in [0.2, 0.25) is 0 Å². The summed E-state index contributed by atoms with van der Waals surface area (Å²) in [6.07, 6.45) is 1.71. The number of nitrogens with one attached hydrogen (secondary N) is 1. The van der Waals surface area contributed by atoms with Gasteiger partial charge in [0.15, 0.2) is 0 Å². The van der Waals surface area contributed by atoms with Gasteiger partial charge in [-0.15, -0.1) is 0 Å². The highest BCUT2D eigenvalue weighted by atomic mass is 19.1. The number of hydrogen-bond acceptors (Lipinski definition) is 2. The molecular weight excluding hydrogens is 327 g/mol. The van der Waals surface area contributed by atoms with Crippen molar-refractivity contribution in [3.63, 3.8) is 0 Å². The Bertz CT molecular complexity index is 889. The van der Waals surface area contributed by atoms with Gasteiger partial charge in [-0.1, -0.05) is 12.1 Å². The summed E-state index contributed by atoms with van der Waals surface area (Å²) in [5.41, 5.74) is 2.82. The molecule has 25 heavy (non-hydrogen) atoms. The second-order valence-electron chi connectivity index (χ2n) is 5.92. The molecule has 6 heteroatoms. The molecular formula is C19H18F3N3. The molecule has 0 fully saturated rings. The molecule has 0 saturated heterocycles. The standard InChI is InChI=1S/C19H18F3N3/c1-12(23-10-14-6-7-16(21)9-19(14)22)18-11-24-25(13(18)2)17-5-3-4-15(20)8-17/h3-9,11-12,23H,10H2,1-2H3/t12-/m1/s1. The monoisotopic (exact) mass is 345 g/mol. The molecule has 3 rings (SSSR count). The third-order valence-corrected chi connectivity index (χ3v) is 4.18. The molecule has 3 aromatic rings. The summed E-state index contributed by atoms with van der Waals surface area (Å²) in [5.74, 6) is -1.50. The average Bonchev–Trinajstić information content (AvgIpc) is 2.95. The van der Waals surface area contributed by atoms with E-state index in [0.29, 0.717) is 11.3 Å². The highest BCUT2D eigenvalue weighted by Crippen LogP contribution is 2.21. The van der Waals surface area contributed by atoms with Gasteiger partial charge in [0, 0.05) is 35.5 Å². The van der Waals surface area contributed by atoms with Crippen molar-refractivity contribution in [3.8, 4) is 5.69 Å². The lowest BCUT2D eigenvalue weighted by atomic mass is 10.1. The van der Waals surface area contributed by atoms with Crippen LogP contribution in [0.3, 0.4) is 0 Å². The van der Waals surface area contributed by atoms with E-state index < -0.39 is 11.6 Å². The smallest absolute Gasteiger partial charge is 0.130 e. The molecule has 1 atom stereocenters. The van der Waals surface area contributed by atoms with Gasteiger partial charge < -0.3 is 5.32 Å². The summed E-state index contributed by atoms with van der Waals surface area (Å²) in [6, 6.07) is 9.62. The Kier molecular flexibility index (Phi) is 4.90. The number of rotatable bonds is 5. The van der Waals surface area contributed by atoms with Gasteiger partial charge in [0.25, 0.3) is 0 Å². The van der Waals surface area contributed by atoms with E-state index >= 15 is 0 Å². The number of aromatic nitrogens is 2. The maximum absolute atomic E-state index is 13.7. The molecule has 0 bridgehead atoms. The minimum atomic E-state index is -0.596. The molecule has 0 saturated carbocycles.